The van der Waals surface area contributed by atoms with Crippen molar-refractivity contribution in [1.82, 2.24) is 5.32 Å². The van der Waals surface area contributed by atoms with E-state index < -0.39 is 0 Å². The first-order chi connectivity index (χ1) is 9.10. The molecule has 0 saturated heterocycles. The lowest BCUT2D eigenvalue weighted by atomic mass is 10.2. The molecule has 0 aliphatic rings. The number of benzene rings is 2. The van der Waals surface area contributed by atoms with Gasteiger partial charge in [0.05, 0.1) is 0 Å². The van der Waals surface area contributed by atoms with Crippen molar-refractivity contribution in [2.75, 3.05) is 7.05 Å². The highest BCUT2D eigenvalue weighted by molar-refractivity contribution is 6.31. The molecule has 2 rings (SSSR count). The SMILES string of the molecule is CNCc1ccc(Cl)cc1Oc1cc(Cl)ccc1C. The Morgan fingerprint density at radius 3 is 2.32 bits per heavy atom. The van der Waals surface area contributed by atoms with Crippen LogP contribution in [0, 0.1) is 6.92 Å². The van der Waals surface area contributed by atoms with Gasteiger partial charge in [-0.2, -0.15) is 0 Å². The molecule has 0 amide bonds. The van der Waals surface area contributed by atoms with Crippen LogP contribution in [0.1, 0.15) is 11.1 Å². The molecule has 0 bridgehead atoms. The smallest absolute Gasteiger partial charge is 0.133 e. The normalized spacial score (nSPS) is 10.5. The van der Waals surface area contributed by atoms with Gasteiger partial charge in [-0.05, 0) is 43.8 Å². The topological polar surface area (TPSA) is 21.3 Å². The number of halogens is 2. The van der Waals surface area contributed by atoms with E-state index in [4.69, 9.17) is 27.9 Å². The van der Waals surface area contributed by atoms with Gasteiger partial charge < -0.3 is 10.1 Å². The Morgan fingerprint density at radius 2 is 1.63 bits per heavy atom. The first-order valence-electron chi connectivity index (χ1n) is 5.97. The van der Waals surface area contributed by atoms with Crippen LogP contribution in [0.25, 0.3) is 0 Å². The van der Waals surface area contributed by atoms with E-state index in [0.717, 1.165) is 22.6 Å². The molecular formula is C15H15Cl2NO. The molecule has 0 saturated carbocycles. The molecule has 0 unspecified atom stereocenters. The highest BCUT2D eigenvalue weighted by Crippen LogP contribution is 2.31. The summed E-state index contributed by atoms with van der Waals surface area (Å²) in [6.07, 6.45) is 0. The minimum absolute atomic E-state index is 0.648. The Morgan fingerprint density at radius 1 is 1.00 bits per heavy atom. The molecule has 0 radical (unpaired) electrons. The van der Waals surface area contributed by atoms with Crippen molar-refractivity contribution in [3.05, 3.63) is 57.6 Å². The summed E-state index contributed by atoms with van der Waals surface area (Å²) in [4.78, 5) is 0. The van der Waals surface area contributed by atoms with Crippen molar-refractivity contribution < 1.29 is 4.74 Å². The molecule has 2 aromatic carbocycles. The molecule has 2 nitrogen and oxygen atoms in total. The number of aryl methyl sites for hydroxylation is 1. The van der Waals surface area contributed by atoms with Gasteiger partial charge in [-0.25, -0.2) is 0 Å². The second-order valence-electron chi connectivity index (χ2n) is 4.29. The second-order valence-corrected chi connectivity index (χ2v) is 5.17. The highest BCUT2D eigenvalue weighted by Gasteiger charge is 2.08. The van der Waals surface area contributed by atoms with Crippen molar-refractivity contribution >= 4 is 23.2 Å². The number of ether oxygens (including phenoxy) is 1. The maximum atomic E-state index is 6.03. The second kappa shape index (κ2) is 6.29. The van der Waals surface area contributed by atoms with Crippen molar-refractivity contribution in [1.29, 1.82) is 0 Å². The molecule has 0 aromatic heterocycles. The summed E-state index contributed by atoms with van der Waals surface area (Å²) in [5.74, 6) is 1.49. The van der Waals surface area contributed by atoms with Crippen molar-refractivity contribution in [3.63, 3.8) is 0 Å². The Hall–Kier alpha value is -1.22. The summed E-state index contributed by atoms with van der Waals surface area (Å²) in [6.45, 7) is 2.69. The van der Waals surface area contributed by atoms with Gasteiger partial charge in [-0.3, -0.25) is 0 Å². The van der Waals surface area contributed by atoms with Crippen molar-refractivity contribution in [2.45, 2.75) is 13.5 Å². The predicted molar refractivity (Wildman–Crippen MR) is 80.5 cm³/mol. The van der Waals surface area contributed by atoms with Crippen LogP contribution in [0.2, 0.25) is 10.0 Å². The van der Waals surface area contributed by atoms with Crippen LogP contribution < -0.4 is 10.1 Å². The summed E-state index contributed by atoms with van der Waals surface area (Å²) < 4.78 is 5.95. The van der Waals surface area contributed by atoms with Gasteiger partial charge in [-0.1, -0.05) is 35.3 Å². The minimum atomic E-state index is 0.648. The fourth-order valence-electron chi connectivity index (χ4n) is 1.76. The summed E-state index contributed by atoms with van der Waals surface area (Å²) in [5.41, 5.74) is 2.08. The summed E-state index contributed by atoms with van der Waals surface area (Å²) >= 11 is 12.0. The molecule has 0 fully saturated rings. The van der Waals surface area contributed by atoms with Crippen LogP contribution in [-0.4, -0.2) is 7.05 Å². The van der Waals surface area contributed by atoms with E-state index >= 15 is 0 Å². The minimum Gasteiger partial charge on any atom is -0.457 e. The maximum absolute atomic E-state index is 6.03. The summed E-state index contributed by atoms with van der Waals surface area (Å²) in [6, 6.07) is 11.2. The number of nitrogens with one attached hydrogen (secondary N) is 1. The van der Waals surface area contributed by atoms with Crippen LogP contribution in [-0.2, 0) is 6.54 Å². The zero-order valence-corrected chi connectivity index (χ0v) is 12.3. The van der Waals surface area contributed by atoms with Crippen molar-refractivity contribution in [3.8, 4) is 11.5 Å². The fraction of sp³-hybridized carbons (Fsp3) is 0.200. The molecule has 0 aliphatic heterocycles. The molecule has 0 aliphatic carbocycles. The van der Waals surface area contributed by atoms with Crippen LogP contribution in [0.3, 0.4) is 0 Å². The van der Waals surface area contributed by atoms with Gasteiger partial charge in [0.2, 0.25) is 0 Å². The fourth-order valence-corrected chi connectivity index (χ4v) is 2.09. The van der Waals surface area contributed by atoms with Gasteiger partial charge >= 0.3 is 0 Å². The molecule has 2 aromatic rings. The first-order valence-corrected chi connectivity index (χ1v) is 6.73. The standard InChI is InChI=1S/C15H15Cl2NO/c1-10-3-5-12(16)7-14(10)19-15-8-13(17)6-4-11(15)9-18-2/h3-8,18H,9H2,1-2H3. The van der Waals surface area contributed by atoms with Crippen molar-refractivity contribution in [2.24, 2.45) is 0 Å². The third kappa shape index (κ3) is 3.63. The molecule has 1 N–H and O–H groups in total. The van der Waals surface area contributed by atoms with E-state index in [9.17, 15) is 0 Å². The number of hydrogen-bond acceptors (Lipinski definition) is 2. The van der Waals surface area contributed by atoms with Gasteiger partial charge in [0, 0.05) is 22.2 Å². The maximum Gasteiger partial charge on any atom is 0.133 e. The molecule has 4 heteroatoms. The van der Waals surface area contributed by atoms with Gasteiger partial charge in [-0.15, -0.1) is 0 Å². The average molecular weight is 296 g/mol. The lowest BCUT2D eigenvalue weighted by Gasteiger charge is -2.13. The quantitative estimate of drug-likeness (QED) is 0.874. The van der Waals surface area contributed by atoms with E-state index in [0.29, 0.717) is 16.6 Å². The molecule has 0 heterocycles. The lowest BCUT2D eigenvalue weighted by molar-refractivity contribution is 0.471. The zero-order chi connectivity index (χ0) is 13.8. The van der Waals surface area contributed by atoms with E-state index in [1.54, 1.807) is 6.07 Å². The number of hydrogen-bond donors (Lipinski definition) is 1. The molecule has 0 atom stereocenters. The zero-order valence-electron chi connectivity index (χ0n) is 10.8. The van der Waals surface area contributed by atoms with E-state index in [-0.39, 0.29) is 0 Å². The summed E-state index contributed by atoms with van der Waals surface area (Å²) in [7, 11) is 1.89. The van der Waals surface area contributed by atoms with Gasteiger partial charge in [0.1, 0.15) is 11.5 Å². The van der Waals surface area contributed by atoms with Crippen LogP contribution in [0.4, 0.5) is 0 Å². The predicted octanol–water partition coefficient (Wildman–Crippen LogP) is 4.81. The molecule has 0 spiro atoms. The molecular weight excluding hydrogens is 281 g/mol. The Kier molecular flexibility index (Phi) is 4.70. The lowest BCUT2D eigenvalue weighted by Crippen LogP contribution is -2.06. The third-order valence-corrected chi connectivity index (χ3v) is 3.24. The van der Waals surface area contributed by atoms with E-state index in [2.05, 4.69) is 5.32 Å². The van der Waals surface area contributed by atoms with Crippen LogP contribution in [0.5, 0.6) is 11.5 Å². The molecule has 100 valence electrons. The van der Waals surface area contributed by atoms with Gasteiger partial charge in [0.25, 0.3) is 0 Å². The average Bonchev–Trinajstić information content (AvgIpc) is 2.37. The Bertz CT molecular complexity index is 584. The van der Waals surface area contributed by atoms with E-state index in [1.807, 2.05) is 44.3 Å². The third-order valence-electron chi connectivity index (χ3n) is 2.77. The Labute approximate surface area is 123 Å². The Balaban J connectivity index is 2.36. The molecule has 19 heavy (non-hydrogen) atoms. The van der Waals surface area contributed by atoms with Crippen LogP contribution in [0.15, 0.2) is 36.4 Å². The van der Waals surface area contributed by atoms with Crippen LogP contribution >= 0.6 is 23.2 Å². The van der Waals surface area contributed by atoms with Gasteiger partial charge in [0.15, 0.2) is 0 Å². The summed E-state index contributed by atoms with van der Waals surface area (Å²) in [5, 5.41) is 4.40. The monoisotopic (exact) mass is 295 g/mol. The highest BCUT2D eigenvalue weighted by atomic mass is 35.5. The number of rotatable bonds is 4. The largest absolute Gasteiger partial charge is 0.457 e. The van der Waals surface area contributed by atoms with E-state index in [1.165, 1.54) is 0 Å². The first kappa shape index (κ1) is 14.2.